The van der Waals surface area contributed by atoms with E-state index in [9.17, 15) is 9.59 Å². The monoisotopic (exact) mass is 282 g/mol. The number of pyridine rings is 1. The van der Waals surface area contributed by atoms with Crippen LogP contribution in [0.3, 0.4) is 0 Å². The number of imidazole rings is 1. The molecule has 0 radical (unpaired) electrons. The second-order valence-corrected chi connectivity index (χ2v) is 4.77. The number of amides is 1. The zero-order valence-corrected chi connectivity index (χ0v) is 11.2. The molecule has 3 N–H and O–H groups in total. The van der Waals surface area contributed by atoms with Crippen LogP contribution in [0.5, 0.6) is 0 Å². The molecule has 1 aromatic carbocycles. The molecule has 6 heteroatoms. The average molecular weight is 282 g/mol. The van der Waals surface area contributed by atoms with Crippen molar-refractivity contribution in [2.24, 2.45) is 0 Å². The lowest BCUT2D eigenvalue weighted by molar-refractivity contribution is -0.120. The lowest BCUT2D eigenvalue weighted by Crippen LogP contribution is -2.24. The van der Waals surface area contributed by atoms with Gasteiger partial charge >= 0.3 is 5.69 Å². The first-order valence-electron chi connectivity index (χ1n) is 6.57. The van der Waals surface area contributed by atoms with Gasteiger partial charge in [-0.3, -0.25) is 9.78 Å². The summed E-state index contributed by atoms with van der Waals surface area (Å²) < 4.78 is 0. The molecule has 0 atom stereocenters. The molecule has 2 aromatic heterocycles. The van der Waals surface area contributed by atoms with Gasteiger partial charge in [0.2, 0.25) is 5.91 Å². The van der Waals surface area contributed by atoms with Gasteiger partial charge in [-0.1, -0.05) is 6.07 Å². The van der Waals surface area contributed by atoms with Crippen molar-refractivity contribution in [1.29, 1.82) is 0 Å². The molecule has 3 aromatic rings. The SMILES string of the molecule is O=C(Cc1ccc2[nH]c(=O)[nH]c2c1)NCc1ccncc1. The quantitative estimate of drug-likeness (QED) is 0.669. The Hall–Kier alpha value is -2.89. The minimum Gasteiger partial charge on any atom is -0.352 e. The van der Waals surface area contributed by atoms with Gasteiger partial charge in [0.25, 0.3) is 0 Å². The summed E-state index contributed by atoms with van der Waals surface area (Å²) in [5.41, 5.74) is 3.05. The molecule has 0 fully saturated rings. The highest BCUT2D eigenvalue weighted by Crippen LogP contribution is 2.10. The van der Waals surface area contributed by atoms with Crippen molar-refractivity contribution in [3.8, 4) is 0 Å². The van der Waals surface area contributed by atoms with Crippen LogP contribution < -0.4 is 11.0 Å². The van der Waals surface area contributed by atoms with E-state index in [0.717, 1.165) is 16.6 Å². The zero-order valence-electron chi connectivity index (χ0n) is 11.2. The molecular formula is C15H14N4O2. The summed E-state index contributed by atoms with van der Waals surface area (Å²) in [4.78, 5) is 32.4. The maximum Gasteiger partial charge on any atom is 0.323 e. The van der Waals surface area contributed by atoms with E-state index >= 15 is 0 Å². The van der Waals surface area contributed by atoms with Crippen molar-refractivity contribution < 1.29 is 4.79 Å². The van der Waals surface area contributed by atoms with Crippen molar-refractivity contribution in [3.05, 3.63) is 64.3 Å². The van der Waals surface area contributed by atoms with Crippen molar-refractivity contribution in [2.45, 2.75) is 13.0 Å². The van der Waals surface area contributed by atoms with E-state index in [-0.39, 0.29) is 18.0 Å². The maximum atomic E-state index is 11.9. The minimum atomic E-state index is -0.246. The largest absolute Gasteiger partial charge is 0.352 e. The normalized spacial score (nSPS) is 10.7. The highest BCUT2D eigenvalue weighted by Gasteiger charge is 2.05. The van der Waals surface area contributed by atoms with Crippen molar-refractivity contribution in [3.63, 3.8) is 0 Å². The predicted octanol–water partition coefficient (Wildman–Crippen LogP) is 1.11. The van der Waals surface area contributed by atoms with E-state index in [1.807, 2.05) is 18.2 Å². The molecule has 2 heterocycles. The van der Waals surface area contributed by atoms with Crippen LogP contribution in [-0.2, 0) is 17.8 Å². The molecule has 0 aliphatic rings. The van der Waals surface area contributed by atoms with Crippen molar-refractivity contribution >= 4 is 16.9 Å². The Labute approximate surface area is 120 Å². The Bertz CT molecular complexity index is 820. The van der Waals surface area contributed by atoms with Gasteiger partial charge in [0, 0.05) is 18.9 Å². The number of aromatic nitrogens is 3. The number of benzene rings is 1. The molecule has 21 heavy (non-hydrogen) atoms. The van der Waals surface area contributed by atoms with Crippen LogP contribution in [0.25, 0.3) is 11.0 Å². The first-order chi connectivity index (χ1) is 10.2. The summed E-state index contributed by atoms with van der Waals surface area (Å²) in [6.45, 7) is 0.477. The van der Waals surface area contributed by atoms with Crippen molar-refractivity contribution in [2.75, 3.05) is 0 Å². The first-order valence-corrected chi connectivity index (χ1v) is 6.57. The second kappa shape index (κ2) is 5.62. The maximum absolute atomic E-state index is 11.9. The van der Waals surface area contributed by atoms with Gasteiger partial charge in [-0.2, -0.15) is 0 Å². The lowest BCUT2D eigenvalue weighted by Gasteiger charge is -2.05. The number of rotatable bonds is 4. The molecule has 0 aliphatic carbocycles. The van der Waals surface area contributed by atoms with Crippen LogP contribution in [0.1, 0.15) is 11.1 Å². The molecular weight excluding hydrogens is 268 g/mol. The molecule has 0 aliphatic heterocycles. The molecule has 6 nitrogen and oxygen atoms in total. The molecule has 0 saturated carbocycles. The highest BCUT2D eigenvalue weighted by atomic mass is 16.1. The standard InChI is InChI=1S/C15H14N4O2/c20-14(17-9-10-3-5-16-6-4-10)8-11-1-2-12-13(7-11)19-15(21)18-12/h1-7H,8-9H2,(H,17,20)(H2,18,19,21). The van der Waals surface area contributed by atoms with Crippen LogP contribution in [-0.4, -0.2) is 20.9 Å². The van der Waals surface area contributed by atoms with Crippen LogP contribution in [0, 0.1) is 0 Å². The number of H-pyrrole nitrogens is 2. The summed E-state index contributed by atoms with van der Waals surface area (Å²) in [7, 11) is 0. The number of hydrogen-bond donors (Lipinski definition) is 3. The summed E-state index contributed by atoms with van der Waals surface area (Å²) in [5.74, 6) is -0.0657. The van der Waals surface area contributed by atoms with Crippen LogP contribution in [0.2, 0.25) is 0 Å². The molecule has 0 unspecified atom stereocenters. The van der Waals surface area contributed by atoms with E-state index < -0.39 is 0 Å². The minimum absolute atomic E-state index is 0.0657. The molecule has 0 spiro atoms. The zero-order chi connectivity index (χ0) is 14.7. The topological polar surface area (TPSA) is 90.6 Å². The van der Waals surface area contributed by atoms with Crippen LogP contribution in [0.15, 0.2) is 47.5 Å². The van der Waals surface area contributed by atoms with Crippen LogP contribution >= 0.6 is 0 Å². The molecule has 0 bridgehead atoms. The van der Waals surface area contributed by atoms with Gasteiger partial charge in [0.1, 0.15) is 0 Å². The van der Waals surface area contributed by atoms with Gasteiger partial charge in [0.15, 0.2) is 0 Å². The molecule has 0 saturated heterocycles. The lowest BCUT2D eigenvalue weighted by atomic mass is 10.1. The third-order valence-corrected chi connectivity index (χ3v) is 3.18. The van der Waals surface area contributed by atoms with Gasteiger partial charge in [-0.25, -0.2) is 4.79 Å². The predicted molar refractivity (Wildman–Crippen MR) is 78.7 cm³/mol. The third kappa shape index (κ3) is 3.17. The highest BCUT2D eigenvalue weighted by molar-refractivity contribution is 5.81. The fourth-order valence-corrected chi connectivity index (χ4v) is 2.14. The number of carbonyl (C=O) groups excluding carboxylic acids is 1. The Balaban J connectivity index is 1.64. The fraction of sp³-hybridized carbons (Fsp3) is 0.133. The van der Waals surface area contributed by atoms with E-state index in [0.29, 0.717) is 12.1 Å². The summed E-state index contributed by atoms with van der Waals surface area (Å²) in [5, 5.41) is 2.85. The summed E-state index contributed by atoms with van der Waals surface area (Å²) in [6.07, 6.45) is 3.66. The Morgan fingerprint density at radius 3 is 2.62 bits per heavy atom. The summed E-state index contributed by atoms with van der Waals surface area (Å²) in [6, 6.07) is 9.14. The number of aromatic amines is 2. The Kier molecular flexibility index (Phi) is 3.51. The van der Waals surface area contributed by atoms with Gasteiger partial charge in [-0.05, 0) is 35.4 Å². The Morgan fingerprint density at radius 1 is 1.05 bits per heavy atom. The summed E-state index contributed by atoms with van der Waals surface area (Å²) >= 11 is 0. The third-order valence-electron chi connectivity index (χ3n) is 3.18. The van der Waals surface area contributed by atoms with E-state index in [4.69, 9.17) is 0 Å². The number of carbonyl (C=O) groups is 1. The van der Waals surface area contributed by atoms with Crippen molar-refractivity contribution in [1.82, 2.24) is 20.3 Å². The van der Waals surface area contributed by atoms with Gasteiger partial charge < -0.3 is 15.3 Å². The van der Waals surface area contributed by atoms with Gasteiger partial charge in [-0.15, -0.1) is 0 Å². The van der Waals surface area contributed by atoms with Crippen LogP contribution in [0.4, 0.5) is 0 Å². The molecule has 106 valence electrons. The number of hydrogen-bond acceptors (Lipinski definition) is 3. The molecule has 3 rings (SSSR count). The second-order valence-electron chi connectivity index (χ2n) is 4.77. The van der Waals surface area contributed by atoms with E-state index in [2.05, 4.69) is 20.3 Å². The van der Waals surface area contributed by atoms with E-state index in [1.165, 1.54) is 0 Å². The smallest absolute Gasteiger partial charge is 0.323 e. The van der Waals surface area contributed by atoms with E-state index in [1.54, 1.807) is 24.5 Å². The number of nitrogens with one attached hydrogen (secondary N) is 3. The average Bonchev–Trinajstić information content (AvgIpc) is 2.85. The molecule has 1 amide bonds. The first kappa shape index (κ1) is 13.1. The number of nitrogens with zero attached hydrogens (tertiary/aromatic N) is 1. The number of fused-ring (bicyclic) bond motifs is 1. The Morgan fingerprint density at radius 2 is 1.81 bits per heavy atom. The van der Waals surface area contributed by atoms with Gasteiger partial charge in [0.05, 0.1) is 17.5 Å². The fourth-order valence-electron chi connectivity index (χ4n) is 2.14.